The minimum atomic E-state index is -0.654. The molecule has 0 aliphatic heterocycles. The van der Waals surface area contributed by atoms with Gasteiger partial charge in [-0.15, -0.1) is 11.3 Å². The molecule has 0 spiro atoms. The summed E-state index contributed by atoms with van der Waals surface area (Å²) < 4.78 is 6.01. The van der Waals surface area contributed by atoms with Gasteiger partial charge in [-0.1, -0.05) is 29.8 Å². The van der Waals surface area contributed by atoms with Gasteiger partial charge in [-0.05, 0) is 74.7 Å². The van der Waals surface area contributed by atoms with Gasteiger partial charge in [-0.25, -0.2) is 0 Å². The predicted octanol–water partition coefficient (Wildman–Crippen LogP) is 4.55. The first-order valence-electron chi connectivity index (χ1n) is 11.7. The summed E-state index contributed by atoms with van der Waals surface area (Å²) in [5.74, 6) is 1.06. The van der Waals surface area contributed by atoms with E-state index in [1.165, 1.54) is 49.9 Å². The molecule has 0 unspecified atom stereocenters. The predicted molar refractivity (Wildman–Crippen MR) is 128 cm³/mol. The van der Waals surface area contributed by atoms with Crippen LogP contribution in [0.25, 0.3) is 10.1 Å². The van der Waals surface area contributed by atoms with Gasteiger partial charge < -0.3 is 15.4 Å². The molecule has 2 aromatic rings. The average molecular weight is 489 g/mol. The van der Waals surface area contributed by atoms with Crippen LogP contribution in [0, 0.1) is 23.2 Å². The molecular weight excluding hydrogens is 460 g/mol. The Balaban J connectivity index is 1.08. The van der Waals surface area contributed by atoms with Crippen LogP contribution in [-0.2, 0) is 14.3 Å². The SMILES string of the molecule is C[C@@H](NC(=O)COC(=O)CNC(=O)c1sc2ccccc2c1Cl)C12CC3CC(CC(C3)C1)C2. The molecule has 1 aromatic heterocycles. The molecule has 33 heavy (non-hydrogen) atoms. The Bertz CT molecular complexity index is 1060. The first-order valence-corrected chi connectivity index (χ1v) is 12.9. The van der Waals surface area contributed by atoms with E-state index in [4.69, 9.17) is 16.3 Å². The molecule has 0 radical (unpaired) electrons. The number of nitrogens with one attached hydrogen (secondary N) is 2. The first kappa shape index (κ1) is 22.7. The van der Waals surface area contributed by atoms with Crippen molar-refractivity contribution in [3.05, 3.63) is 34.2 Å². The summed E-state index contributed by atoms with van der Waals surface area (Å²) in [4.78, 5) is 37.4. The maximum Gasteiger partial charge on any atom is 0.325 e. The minimum absolute atomic E-state index is 0.0758. The van der Waals surface area contributed by atoms with Gasteiger partial charge in [0, 0.05) is 16.1 Å². The van der Waals surface area contributed by atoms with Crippen LogP contribution in [0.4, 0.5) is 0 Å². The summed E-state index contributed by atoms with van der Waals surface area (Å²) in [5.41, 5.74) is 0.200. The Kier molecular flexibility index (Phi) is 6.12. The number of carbonyl (C=O) groups excluding carboxylic acids is 3. The molecular formula is C25H29ClN2O4S. The molecule has 1 heterocycles. The first-order chi connectivity index (χ1) is 15.8. The van der Waals surface area contributed by atoms with E-state index in [1.54, 1.807) is 0 Å². The molecule has 2 N–H and O–H groups in total. The minimum Gasteiger partial charge on any atom is -0.454 e. The molecule has 4 fully saturated rings. The zero-order valence-corrected chi connectivity index (χ0v) is 20.3. The van der Waals surface area contributed by atoms with Gasteiger partial charge in [-0.2, -0.15) is 0 Å². The fourth-order valence-electron chi connectivity index (χ4n) is 6.73. The summed E-state index contributed by atoms with van der Waals surface area (Å²) in [6.07, 6.45) is 7.67. The Hall–Kier alpha value is -2.12. The van der Waals surface area contributed by atoms with Gasteiger partial charge in [0.25, 0.3) is 11.8 Å². The van der Waals surface area contributed by atoms with Crippen LogP contribution in [-0.4, -0.2) is 37.0 Å². The molecule has 6 nitrogen and oxygen atoms in total. The van der Waals surface area contributed by atoms with Crippen molar-refractivity contribution in [3.8, 4) is 0 Å². The summed E-state index contributed by atoms with van der Waals surface area (Å²) in [6.45, 7) is 1.44. The van der Waals surface area contributed by atoms with Gasteiger partial charge in [0.2, 0.25) is 0 Å². The van der Waals surface area contributed by atoms with Crippen LogP contribution < -0.4 is 10.6 Å². The number of hydrogen-bond donors (Lipinski definition) is 2. The third-order valence-electron chi connectivity index (χ3n) is 7.88. The Morgan fingerprint density at radius 2 is 1.76 bits per heavy atom. The third-order valence-corrected chi connectivity index (χ3v) is 9.55. The van der Waals surface area contributed by atoms with Crippen molar-refractivity contribution in [2.45, 2.75) is 51.5 Å². The van der Waals surface area contributed by atoms with Crippen LogP contribution in [0.3, 0.4) is 0 Å². The van der Waals surface area contributed by atoms with Crippen molar-refractivity contribution in [1.82, 2.24) is 10.6 Å². The summed E-state index contributed by atoms with van der Waals surface area (Å²) in [7, 11) is 0. The number of hydrogen-bond acceptors (Lipinski definition) is 5. The van der Waals surface area contributed by atoms with Crippen LogP contribution in [0.2, 0.25) is 5.02 Å². The molecule has 2 amide bonds. The van der Waals surface area contributed by atoms with E-state index in [0.717, 1.165) is 27.8 Å². The molecule has 4 aliphatic carbocycles. The van der Waals surface area contributed by atoms with Crippen LogP contribution in [0.1, 0.15) is 55.1 Å². The standard InChI is InChI=1S/C25H29ClN2O4S/c1-14(25-9-15-6-16(10-25)8-17(7-15)11-25)28-20(29)13-32-21(30)12-27-24(31)23-22(26)18-4-2-3-5-19(18)33-23/h2-5,14-17H,6-13H2,1H3,(H,27,31)(H,28,29)/t14-,15?,16?,17?,25?/m1/s1. The monoisotopic (exact) mass is 488 g/mol. The lowest BCUT2D eigenvalue weighted by atomic mass is 9.48. The molecule has 176 valence electrons. The number of thiophene rings is 1. The molecule has 0 saturated heterocycles. The van der Waals surface area contributed by atoms with E-state index in [-0.39, 0.29) is 30.5 Å². The number of carbonyl (C=O) groups is 3. The number of esters is 1. The normalized spacial score (nSPS) is 28.5. The van der Waals surface area contributed by atoms with Crippen molar-refractivity contribution in [2.24, 2.45) is 23.2 Å². The van der Waals surface area contributed by atoms with Gasteiger partial charge in [0.1, 0.15) is 11.4 Å². The van der Waals surface area contributed by atoms with Crippen LogP contribution in [0.5, 0.6) is 0 Å². The summed E-state index contributed by atoms with van der Waals surface area (Å²) >= 11 is 7.58. The highest BCUT2D eigenvalue weighted by Crippen LogP contribution is 2.61. The number of fused-ring (bicyclic) bond motifs is 1. The number of rotatable bonds is 7. The number of benzene rings is 1. The molecule has 6 rings (SSSR count). The van der Waals surface area contributed by atoms with Crippen molar-refractivity contribution in [2.75, 3.05) is 13.2 Å². The third kappa shape index (κ3) is 4.50. The molecule has 1 atom stereocenters. The molecule has 4 saturated carbocycles. The number of ether oxygens (including phenoxy) is 1. The fourth-order valence-corrected chi connectivity index (χ4v) is 8.17. The van der Waals surface area contributed by atoms with Crippen LogP contribution in [0.15, 0.2) is 24.3 Å². The smallest absolute Gasteiger partial charge is 0.325 e. The molecule has 1 aromatic carbocycles. The fraction of sp³-hybridized carbons (Fsp3) is 0.560. The van der Waals surface area contributed by atoms with Gasteiger partial charge >= 0.3 is 5.97 Å². The van der Waals surface area contributed by atoms with E-state index in [2.05, 4.69) is 17.6 Å². The maximum atomic E-state index is 12.5. The van der Waals surface area contributed by atoms with Gasteiger partial charge in [0.15, 0.2) is 6.61 Å². The van der Waals surface area contributed by atoms with Crippen molar-refractivity contribution < 1.29 is 19.1 Å². The average Bonchev–Trinajstić information content (AvgIpc) is 3.12. The maximum absolute atomic E-state index is 12.5. The highest BCUT2D eigenvalue weighted by Gasteiger charge is 2.53. The lowest BCUT2D eigenvalue weighted by Crippen LogP contribution is -2.56. The Morgan fingerprint density at radius 3 is 2.39 bits per heavy atom. The summed E-state index contributed by atoms with van der Waals surface area (Å²) in [6, 6.07) is 7.55. The highest BCUT2D eigenvalue weighted by atomic mass is 35.5. The van der Waals surface area contributed by atoms with E-state index in [1.807, 2.05) is 24.3 Å². The lowest BCUT2D eigenvalue weighted by molar-refractivity contribution is -0.148. The lowest BCUT2D eigenvalue weighted by Gasteiger charge is -2.59. The highest BCUT2D eigenvalue weighted by molar-refractivity contribution is 7.21. The largest absolute Gasteiger partial charge is 0.454 e. The van der Waals surface area contributed by atoms with E-state index in [9.17, 15) is 14.4 Å². The second-order valence-electron chi connectivity index (χ2n) is 10.2. The van der Waals surface area contributed by atoms with E-state index in [0.29, 0.717) is 9.90 Å². The van der Waals surface area contributed by atoms with Crippen molar-refractivity contribution >= 4 is 50.8 Å². The molecule has 8 heteroatoms. The second kappa shape index (κ2) is 8.91. The summed E-state index contributed by atoms with van der Waals surface area (Å²) in [5, 5.41) is 6.80. The quantitative estimate of drug-likeness (QED) is 0.560. The zero-order valence-electron chi connectivity index (χ0n) is 18.7. The van der Waals surface area contributed by atoms with E-state index < -0.39 is 11.9 Å². The molecule has 4 aliphatic rings. The Labute approximate surface area is 202 Å². The second-order valence-corrected chi connectivity index (χ2v) is 11.6. The van der Waals surface area contributed by atoms with Gasteiger partial charge in [0.05, 0.1) is 5.02 Å². The Morgan fingerprint density at radius 1 is 1.12 bits per heavy atom. The molecule has 4 bridgehead atoms. The van der Waals surface area contributed by atoms with Gasteiger partial charge in [-0.3, -0.25) is 14.4 Å². The topological polar surface area (TPSA) is 84.5 Å². The van der Waals surface area contributed by atoms with Crippen LogP contribution >= 0.6 is 22.9 Å². The van der Waals surface area contributed by atoms with Crippen molar-refractivity contribution in [3.63, 3.8) is 0 Å². The zero-order chi connectivity index (χ0) is 23.2. The van der Waals surface area contributed by atoms with Crippen molar-refractivity contribution in [1.29, 1.82) is 0 Å². The number of halogens is 1. The van der Waals surface area contributed by atoms with E-state index >= 15 is 0 Å². The number of amides is 2.